The maximum atomic E-state index is 14.2. The summed E-state index contributed by atoms with van der Waals surface area (Å²) in [6.07, 6.45) is -0.510. The number of nitrogens with zero attached hydrogens (tertiary/aromatic N) is 3. The molecule has 0 atom stereocenters. The first-order chi connectivity index (χ1) is 14.9. The van der Waals surface area contributed by atoms with Crippen LogP contribution in [-0.2, 0) is 11.2 Å². The van der Waals surface area contributed by atoms with Gasteiger partial charge in [0.15, 0.2) is 5.69 Å². The highest BCUT2D eigenvalue weighted by molar-refractivity contribution is 5.95. The number of hydrogen-bond donors (Lipinski definition) is 2. The van der Waals surface area contributed by atoms with E-state index >= 15 is 0 Å². The third-order valence-electron chi connectivity index (χ3n) is 4.88. The van der Waals surface area contributed by atoms with Gasteiger partial charge in [-0.05, 0) is 48.4 Å². The normalized spacial score (nSPS) is 12.4. The zero-order valence-corrected chi connectivity index (χ0v) is 16.2. The third-order valence-corrected chi connectivity index (χ3v) is 4.88. The largest absolute Gasteiger partial charge is 0.465 e. The number of carbonyl (C=O) groups is 2. The van der Waals surface area contributed by atoms with Crippen molar-refractivity contribution in [2.24, 2.45) is 0 Å². The van der Waals surface area contributed by atoms with Gasteiger partial charge in [0.05, 0.1) is 24.0 Å². The van der Waals surface area contributed by atoms with Gasteiger partial charge in [-0.15, -0.1) is 10.2 Å². The number of aromatic nitrogens is 2. The van der Waals surface area contributed by atoms with E-state index in [2.05, 4.69) is 15.5 Å². The van der Waals surface area contributed by atoms with Crippen molar-refractivity contribution in [1.29, 1.82) is 0 Å². The number of hydrogen-bond acceptors (Lipinski definition) is 6. The van der Waals surface area contributed by atoms with Crippen LogP contribution in [0, 0.1) is 11.6 Å². The van der Waals surface area contributed by atoms with Gasteiger partial charge in [0.1, 0.15) is 17.3 Å². The van der Waals surface area contributed by atoms with Crippen molar-refractivity contribution in [2.75, 3.05) is 23.9 Å². The lowest BCUT2D eigenvalue weighted by Gasteiger charge is -2.15. The lowest BCUT2D eigenvalue weighted by Crippen LogP contribution is -2.26. The second-order valence-electron chi connectivity index (χ2n) is 6.73. The highest BCUT2D eigenvalue weighted by Crippen LogP contribution is 2.33. The van der Waals surface area contributed by atoms with E-state index in [1.165, 1.54) is 24.1 Å². The minimum Gasteiger partial charge on any atom is -0.465 e. The molecule has 0 fully saturated rings. The van der Waals surface area contributed by atoms with E-state index in [4.69, 9.17) is 4.74 Å². The standard InChI is InChI=1S/C21H16F2N4O4/c1-31-20(28)19-16(10-15(25-26-19)18-13(22)3-2-4-14(18)23)24-12-5-6-17-11(9-12)7-8-27(17)21(29)30/h2-6,9-10H,7-8H2,1H3,(H,24,25)(H,29,30). The fourth-order valence-electron chi connectivity index (χ4n) is 3.43. The molecule has 2 N–H and O–H groups in total. The molecule has 31 heavy (non-hydrogen) atoms. The van der Waals surface area contributed by atoms with Crippen molar-refractivity contribution in [3.05, 3.63) is 65.4 Å². The number of ether oxygens (including phenoxy) is 1. The molecule has 0 bridgehead atoms. The van der Waals surface area contributed by atoms with Crippen LogP contribution in [0.2, 0.25) is 0 Å². The predicted molar refractivity (Wildman–Crippen MR) is 108 cm³/mol. The SMILES string of the molecule is COC(=O)c1nnc(-c2c(F)cccc2F)cc1Nc1ccc2c(c1)CCN2C(=O)O. The van der Waals surface area contributed by atoms with E-state index in [9.17, 15) is 23.5 Å². The molecule has 4 rings (SSSR count). The molecular formula is C21H16F2N4O4. The average Bonchev–Trinajstić information content (AvgIpc) is 3.17. The molecule has 1 amide bonds. The van der Waals surface area contributed by atoms with Gasteiger partial charge in [0.2, 0.25) is 0 Å². The molecule has 0 aliphatic carbocycles. The second-order valence-corrected chi connectivity index (χ2v) is 6.73. The molecular weight excluding hydrogens is 410 g/mol. The second kappa shape index (κ2) is 7.98. The van der Waals surface area contributed by atoms with Crippen LogP contribution in [0.1, 0.15) is 16.1 Å². The van der Waals surface area contributed by atoms with Gasteiger partial charge >= 0.3 is 12.1 Å². The van der Waals surface area contributed by atoms with E-state index < -0.39 is 23.7 Å². The minimum absolute atomic E-state index is 0.107. The Morgan fingerprint density at radius 1 is 1.13 bits per heavy atom. The number of halogens is 2. The summed E-state index contributed by atoms with van der Waals surface area (Å²) in [6.45, 7) is 0.342. The highest BCUT2D eigenvalue weighted by Gasteiger charge is 2.25. The van der Waals surface area contributed by atoms with E-state index in [1.807, 2.05) is 0 Å². The maximum absolute atomic E-state index is 14.2. The van der Waals surface area contributed by atoms with Crippen LogP contribution in [0.3, 0.4) is 0 Å². The summed E-state index contributed by atoms with van der Waals surface area (Å²) in [4.78, 5) is 24.7. The number of carbonyl (C=O) groups excluding carboxylic acids is 1. The first kappa shape index (κ1) is 20.2. The summed E-state index contributed by atoms with van der Waals surface area (Å²) in [6, 6.07) is 9.73. The molecule has 3 aromatic rings. The smallest absolute Gasteiger partial charge is 0.411 e. The predicted octanol–water partition coefficient (Wildman–Crippen LogP) is 3.99. The molecule has 1 aliphatic heterocycles. The summed E-state index contributed by atoms with van der Waals surface area (Å²) in [7, 11) is 1.17. The van der Waals surface area contributed by atoms with Crippen LogP contribution in [0.25, 0.3) is 11.3 Å². The topological polar surface area (TPSA) is 105 Å². The molecule has 10 heteroatoms. The summed E-state index contributed by atoms with van der Waals surface area (Å²) >= 11 is 0. The summed E-state index contributed by atoms with van der Waals surface area (Å²) in [5.74, 6) is -2.43. The number of anilines is 3. The van der Waals surface area contributed by atoms with Gasteiger partial charge in [-0.3, -0.25) is 4.90 Å². The molecule has 1 aromatic heterocycles. The Morgan fingerprint density at radius 2 is 1.87 bits per heavy atom. The van der Waals surface area contributed by atoms with Gasteiger partial charge in [-0.1, -0.05) is 6.07 Å². The number of esters is 1. The van der Waals surface area contributed by atoms with Gasteiger partial charge in [0, 0.05) is 12.2 Å². The summed E-state index contributed by atoms with van der Waals surface area (Å²) in [5.41, 5.74) is 1.39. The van der Waals surface area contributed by atoms with Crippen molar-refractivity contribution in [1.82, 2.24) is 10.2 Å². The number of benzene rings is 2. The molecule has 0 unspecified atom stereocenters. The van der Waals surface area contributed by atoms with Crippen LogP contribution in [0.5, 0.6) is 0 Å². The monoisotopic (exact) mass is 426 g/mol. The van der Waals surface area contributed by atoms with Gasteiger partial charge in [-0.2, -0.15) is 0 Å². The summed E-state index contributed by atoms with van der Waals surface area (Å²) in [5, 5.41) is 19.8. The molecule has 0 radical (unpaired) electrons. The van der Waals surface area contributed by atoms with E-state index in [0.29, 0.717) is 24.3 Å². The van der Waals surface area contributed by atoms with Gasteiger partial charge in [0.25, 0.3) is 0 Å². The number of fused-ring (bicyclic) bond motifs is 1. The third kappa shape index (κ3) is 3.75. The Morgan fingerprint density at radius 3 is 2.55 bits per heavy atom. The van der Waals surface area contributed by atoms with Crippen molar-refractivity contribution in [3.8, 4) is 11.3 Å². The fraction of sp³-hybridized carbons (Fsp3) is 0.143. The maximum Gasteiger partial charge on any atom is 0.411 e. The molecule has 158 valence electrons. The Kier molecular flexibility index (Phi) is 5.20. The van der Waals surface area contributed by atoms with Crippen molar-refractivity contribution in [3.63, 3.8) is 0 Å². The van der Waals surface area contributed by atoms with Gasteiger partial charge < -0.3 is 15.2 Å². The molecule has 0 spiro atoms. The van der Waals surface area contributed by atoms with Crippen molar-refractivity contribution in [2.45, 2.75) is 6.42 Å². The van der Waals surface area contributed by atoms with Crippen molar-refractivity contribution >= 4 is 29.1 Å². The fourth-order valence-corrected chi connectivity index (χ4v) is 3.43. The van der Waals surface area contributed by atoms with Crippen LogP contribution in [0.4, 0.5) is 30.6 Å². The van der Waals surface area contributed by atoms with Crippen LogP contribution in [-0.4, -0.2) is 41.0 Å². The Bertz CT molecular complexity index is 1180. The average molecular weight is 426 g/mol. The Balaban J connectivity index is 1.75. The molecule has 2 heterocycles. The number of methoxy groups -OCH3 is 1. The van der Waals surface area contributed by atoms with E-state index in [1.54, 1.807) is 18.2 Å². The lowest BCUT2D eigenvalue weighted by atomic mass is 10.1. The Labute approximate surface area is 175 Å². The number of nitrogens with one attached hydrogen (secondary N) is 1. The molecule has 2 aromatic carbocycles. The van der Waals surface area contributed by atoms with Crippen LogP contribution >= 0.6 is 0 Å². The molecule has 1 aliphatic rings. The first-order valence-electron chi connectivity index (χ1n) is 9.20. The summed E-state index contributed by atoms with van der Waals surface area (Å²) < 4.78 is 33.1. The Hall–Kier alpha value is -4.08. The number of rotatable bonds is 4. The first-order valence-corrected chi connectivity index (χ1v) is 9.20. The minimum atomic E-state index is -1.04. The van der Waals surface area contributed by atoms with E-state index in [0.717, 1.165) is 17.7 Å². The number of amides is 1. The van der Waals surface area contributed by atoms with Gasteiger partial charge in [-0.25, -0.2) is 18.4 Å². The molecule has 8 nitrogen and oxygen atoms in total. The quantitative estimate of drug-likeness (QED) is 0.608. The van der Waals surface area contributed by atoms with E-state index in [-0.39, 0.29) is 22.6 Å². The van der Waals surface area contributed by atoms with Crippen LogP contribution in [0.15, 0.2) is 42.5 Å². The van der Waals surface area contributed by atoms with Crippen LogP contribution < -0.4 is 10.2 Å². The lowest BCUT2D eigenvalue weighted by molar-refractivity contribution is 0.0594. The number of carboxylic acid groups (broad SMARTS) is 1. The zero-order valence-electron chi connectivity index (χ0n) is 16.2. The molecule has 0 saturated heterocycles. The molecule has 0 saturated carbocycles. The zero-order chi connectivity index (χ0) is 22.1. The highest BCUT2D eigenvalue weighted by atomic mass is 19.1. The van der Waals surface area contributed by atoms with Crippen molar-refractivity contribution < 1.29 is 28.2 Å².